The van der Waals surface area contributed by atoms with E-state index in [9.17, 15) is 4.79 Å². The first-order chi connectivity index (χ1) is 12.0. The van der Waals surface area contributed by atoms with Crippen molar-refractivity contribution >= 4 is 18.3 Å². The van der Waals surface area contributed by atoms with Crippen LogP contribution in [-0.2, 0) is 16.8 Å². The number of amides is 1. The first-order valence-corrected chi connectivity index (χ1v) is 9.09. The van der Waals surface area contributed by atoms with Crippen LogP contribution in [0.4, 0.5) is 0 Å². The van der Waals surface area contributed by atoms with Crippen LogP contribution in [0.15, 0.2) is 36.7 Å². The topological polar surface area (TPSA) is 59.0 Å². The number of halogens is 1. The quantitative estimate of drug-likeness (QED) is 0.843. The van der Waals surface area contributed by atoms with Crippen LogP contribution in [-0.4, -0.2) is 34.8 Å². The lowest BCUT2D eigenvalue weighted by Crippen LogP contribution is -2.56. The molecule has 1 unspecified atom stereocenters. The highest BCUT2D eigenvalue weighted by Crippen LogP contribution is 2.27. The average Bonchev–Trinajstić information content (AvgIpc) is 3.13. The van der Waals surface area contributed by atoms with Crippen LogP contribution in [0.1, 0.15) is 36.5 Å². The van der Waals surface area contributed by atoms with E-state index in [-0.39, 0.29) is 24.4 Å². The molecule has 1 aliphatic rings. The third-order valence-corrected chi connectivity index (χ3v) is 5.20. The van der Waals surface area contributed by atoms with Crippen molar-refractivity contribution in [2.45, 2.75) is 51.6 Å². The fourth-order valence-corrected chi connectivity index (χ4v) is 3.74. The summed E-state index contributed by atoms with van der Waals surface area (Å²) in [6, 6.07) is 8.46. The highest BCUT2D eigenvalue weighted by atomic mass is 35.5. The van der Waals surface area contributed by atoms with Gasteiger partial charge in [0, 0.05) is 18.4 Å². The van der Waals surface area contributed by atoms with Gasteiger partial charge in [-0.05, 0) is 70.3 Å². The second-order valence-electron chi connectivity index (χ2n) is 7.24. The maximum Gasteiger partial charge on any atom is 0.248 e. The zero-order valence-electron chi connectivity index (χ0n) is 15.8. The maximum absolute atomic E-state index is 13.2. The Morgan fingerprint density at radius 2 is 2.08 bits per heavy atom. The SMILES string of the molecule is Cc1ccc(CC(C)NC(=O)C2(n3cccn3)CCNCC2)c(C)c1.Cl. The summed E-state index contributed by atoms with van der Waals surface area (Å²) in [5.74, 6) is 0.0787. The second kappa shape index (κ2) is 8.69. The number of nitrogens with one attached hydrogen (secondary N) is 2. The van der Waals surface area contributed by atoms with Crippen LogP contribution in [0.3, 0.4) is 0 Å². The minimum Gasteiger partial charge on any atom is -0.351 e. The highest BCUT2D eigenvalue weighted by molar-refractivity contribution is 5.85. The van der Waals surface area contributed by atoms with E-state index < -0.39 is 5.54 Å². The Labute approximate surface area is 162 Å². The third kappa shape index (κ3) is 4.27. The van der Waals surface area contributed by atoms with Crippen molar-refractivity contribution < 1.29 is 4.79 Å². The van der Waals surface area contributed by atoms with Crippen LogP contribution in [0.25, 0.3) is 0 Å². The molecule has 0 radical (unpaired) electrons. The maximum atomic E-state index is 13.2. The standard InChI is InChI=1S/C20H28N4O.ClH/c1-15-5-6-18(16(2)13-15)14-17(3)23-19(25)20(7-10-21-11-8-20)24-12-4-9-22-24;/h4-6,9,12-13,17,21H,7-8,10-11,14H2,1-3H3,(H,23,25);1H. The van der Waals surface area contributed by atoms with Gasteiger partial charge in [-0.2, -0.15) is 5.10 Å². The Morgan fingerprint density at radius 3 is 2.69 bits per heavy atom. The number of carbonyl (C=O) groups is 1. The number of hydrogen-bond donors (Lipinski definition) is 2. The molecule has 5 nitrogen and oxygen atoms in total. The van der Waals surface area contributed by atoms with Crippen molar-refractivity contribution in [3.8, 4) is 0 Å². The zero-order valence-corrected chi connectivity index (χ0v) is 16.6. The predicted molar refractivity (Wildman–Crippen MR) is 107 cm³/mol. The number of carbonyl (C=O) groups excluding carboxylic acids is 1. The average molecular weight is 377 g/mol. The van der Waals surface area contributed by atoms with Crippen molar-refractivity contribution in [3.05, 3.63) is 53.3 Å². The lowest BCUT2D eigenvalue weighted by atomic mass is 9.87. The second-order valence-corrected chi connectivity index (χ2v) is 7.24. The largest absolute Gasteiger partial charge is 0.351 e. The molecule has 3 rings (SSSR count). The van der Waals surface area contributed by atoms with Gasteiger partial charge in [0.2, 0.25) is 5.91 Å². The van der Waals surface area contributed by atoms with Crippen molar-refractivity contribution in [3.63, 3.8) is 0 Å². The van der Waals surface area contributed by atoms with Gasteiger partial charge < -0.3 is 10.6 Å². The molecule has 26 heavy (non-hydrogen) atoms. The van der Waals surface area contributed by atoms with Gasteiger partial charge in [-0.15, -0.1) is 12.4 Å². The van der Waals surface area contributed by atoms with E-state index >= 15 is 0 Å². The summed E-state index contributed by atoms with van der Waals surface area (Å²) in [6.45, 7) is 7.98. The fraction of sp³-hybridized carbons (Fsp3) is 0.500. The van der Waals surface area contributed by atoms with Crippen LogP contribution < -0.4 is 10.6 Å². The van der Waals surface area contributed by atoms with Gasteiger partial charge in [-0.1, -0.05) is 23.8 Å². The number of rotatable bonds is 5. The Bertz CT molecular complexity index is 723. The molecule has 0 aliphatic carbocycles. The third-order valence-electron chi connectivity index (χ3n) is 5.20. The van der Waals surface area contributed by atoms with E-state index in [1.807, 2.05) is 16.9 Å². The fourth-order valence-electron chi connectivity index (χ4n) is 3.74. The van der Waals surface area contributed by atoms with Gasteiger partial charge in [0.1, 0.15) is 5.54 Å². The van der Waals surface area contributed by atoms with E-state index in [1.165, 1.54) is 16.7 Å². The van der Waals surface area contributed by atoms with Crippen LogP contribution in [0.5, 0.6) is 0 Å². The van der Waals surface area contributed by atoms with Crippen molar-refractivity contribution in [2.75, 3.05) is 13.1 Å². The Kier molecular flexibility index (Phi) is 6.84. The Morgan fingerprint density at radius 1 is 1.35 bits per heavy atom. The summed E-state index contributed by atoms with van der Waals surface area (Å²) in [5, 5.41) is 11.0. The van der Waals surface area contributed by atoms with Crippen LogP contribution >= 0.6 is 12.4 Å². The molecule has 1 saturated heterocycles. The molecular weight excluding hydrogens is 348 g/mol. The van der Waals surface area contributed by atoms with Gasteiger partial charge in [0.05, 0.1) is 0 Å². The van der Waals surface area contributed by atoms with Gasteiger partial charge in [0.25, 0.3) is 0 Å². The lowest BCUT2D eigenvalue weighted by Gasteiger charge is -2.37. The molecule has 1 aromatic heterocycles. The van der Waals surface area contributed by atoms with Gasteiger partial charge in [0.15, 0.2) is 0 Å². The molecule has 0 spiro atoms. The first-order valence-electron chi connectivity index (χ1n) is 9.09. The van der Waals surface area contributed by atoms with Gasteiger partial charge in [-0.3, -0.25) is 9.48 Å². The van der Waals surface area contributed by atoms with Crippen molar-refractivity contribution in [2.24, 2.45) is 0 Å². The Hall–Kier alpha value is -1.85. The van der Waals surface area contributed by atoms with Crippen LogP contribution in [0.2, 0.25) is 0 Å². The number of hydrogen-bond acceptors (Lipinski definition) is 3. The molecule has 1 aliphatic heterocycles. The first kappa shape index (κ1) is 20.5. The highest BCUT2D eigenvalue weighted by Gasteiger charge is 2.42. The van der Waals surface area contributed by atoms with E-state index in [4.69, 9.17) is 0 Å². The van der Waals surface area contributed by atoms with E-state index in [1.54, 1.807) is 6.20 Å². The predicted octanol–water partition coefficient (Wildman–Crippen LogP) is 2.75. The Balaban J connectivity index is 0.00000243. The summed E-state index contributed by atoms with van der Waals surface area (Å²) in [6.07, 6.45) is 6.01. The molecule has 1 aromatic carbocycles. The summed E-state index contributed by atoms with van der Waals surface area (Å²) < 4.78 is 1.84. The number of aromatic nitrogens is 2. The summed E-state index contributed by atoms with van der Waals surface area (Å²) >= 11 is 0. The van der Waals surface area contributed by atoms with E-state index in [0.29, 0.717) is 0 Å². The molecule has 2 heterocycles. The minimum atomic E-state index is -0.578. The molecule has 1 amide bonds. The molecule has 1 fully saturated rings. The molecule has 0 bridgehead atoms. The molecule has 0 saturated carbocycles. The molecule has 142 valence electrons. The summed E-state index contributed by atoms with van der Waals surface area (Å²) in [5.41, 5.74) is 3.26. The summed E-state index contributed by atoms with van der Waals surface area (Å²) in [4.78, 5) is 13.2. The molecule has 2 N–H and O–H groups in total. The zero-order chi connectivity index (χ0) is 17.9. The monoisotopic (exact) mass is 376 g/mol. The number of piperidine rings is 1. The van der Waals surface area contributed by atoms with Crippen molar-refractivity contribution in [1.82, 2.24) is 20.4 Å². The number of benzene rings is 1. The van der Waals surface area contributed by atoms with Gasteiger partial charge >= 0.3 is 0 Å². The lowest BCUT2D eigenvalue weighted by molar-refractivity contribution is -0.132. The van der Waals surface area contributed by atoms with Crippen molar-refractivity contribution in [1.29, 1.82) is 0 Å². The number of nitrogens with zero attached hydrogens (tertiary/aromatic N) is 2. The number of aryl methyl sites for hydroxylation is 2. The van der Waals surface area contributed by atoms with E-state index in [2.05, 4.69) is 54.7 Å². The smallest absolute Gasteiger partial charge is 0.248 e. The molecule has 1 atom stereocenters. The van der Waals surface area contributed by atoms with Gasteiger partial charge in [-0.25, -0.2) is 0 Å². The molecule has 6 heteroatoms. The van der Waals surface area contributed by atoms with E-state index in [0.717, 1.165) is 32.4 Å². The molecular formula is C20H29ClN4O. The minimum absolute atomic E-state index is 0. The van der Waals surface area contributed by atoms with Crippen LogP contribution in [0, 0.1) is 13.8 Å². The summed E-state index contributed by atoms with van der Waals surface area (Å²) in [7, 11) is 0. The molecule has 2 aromatic rings. The normalized spacial score (nSPS) is 17.2.